The third-order valence-electron chi connectivity index (χ3n) is 1.98. The number of hydrogen-bond donors (Lipinski definition) is 2. The number of Topliss-reactive ketones (excluding diaryl/α,β-unsaturated/α-hetero) is 1. The van der Waals surface area contributed by atoms with E-state index in [4.69, 9.17) is 23.1 Å². The van der Waals surface area contributed by atoms with Crippen molar-refractivity contribution in [2.24, 2.45) is 0 Å². The van der Waals surface area contributed by atoms with E-state index >= 15 is 0 Å². The van der Waals surface area contributed by atoms with Crippen LogP contribution in [0.4, 0.5) is 24.5 Å². The summed E-state index contributed by atoms with van der Waals surface area (Å²) in [4.78, 5) is 11.3. The van der Waals surface area contributed by atoms with Crippen molar-refractivity contribution in [2.45, 2.75) is 6.18 Å². The molecule has 0 heterocycles. The summed E-state index contributed by atoms with van der Waals surface area (Å²) in [7, 11) is 0. The van der Waals surface area contributed by atoms with E-state index < -0.39 is 29.1 Å². The molecule has 88 valence electrons. The minimum Gasteiger partial charge on any atom is -0.398 e. The van der Waals surface area contributed by atoms with Gasteiger partial charge in [0, 0.05) is 5.69 Å². The number of carbonyl (C=O) groups is 1. The summed E-state index contributed by atoms with van der Waals surface area (Å²) in [5, 5.41) is 0. The summed E-state index contributed by atoms with van der Waals surface area (Å²) in [6.45, 7) is 0. The van der Waals surface area contributed by atoms with Gasteiger partial charge in [-0.3, -0.25) is 4.79 Å². The molecule has 0 saturated carbocycles. The fourth-order valence-corrected chi connectivity index (χ4v) is 1.40. The molecule has 0 atom stereocenters. The molecule has 3 nitrogen and oxygen atoms in total. The van der Waals surface area contributed by atoms with E-state index in [2.05, 4.69) is 0 Å². The van der Waals surface area contributed by atoms with Crippen molar-refractivity contribution in [3.63, 3.8) is 0 Å². The average Bonchev–Trinajstić information content (AvgIpc) is 2.15. The second kappa shape index (κ2) is 4.21. The molecule has 7 heteroatoms. The normalized spacial score (nSPS) is 11.5. The van der Waals surface area contributed by atoms with E-state index in [-0.39, 0.29) is 11.3 Å². The van der Waals surface area contributed by atoms with Crippen LogP contribution >= 0.6 is 11.6 Å². The number of hydrogen-bond acceptors (Lipinski definition) is 3. The first-order valence-electron chi connectivity index (χ1n) is 4.13. The number of alkyl halides is 4. The maximum absolute atomic E-state index is 12.5. The van der Waals surface area contributed by atoms with E-state index in [1.807, 2.05) is 0 Å². The Morgan fingerprint density at radius 1 is 1.31 bits per heavy atom. The molecule has 1 rings (SSSR count). The van der Waals surface area contributed by atoms with E-state index in [0.717, 1.165) is 12.1 Å². The SMILES string of the molecule is Nc1ccc(C(F)(F)F)c(N)c1C(=O)CCl. The second-order valence-corrected chi connectivity index (χ2v) is 3.31. The molecule has 0 amide bonds. The smallest absolute Gasteiger partial charge is 0.398 e. The van der Waals surface area contributed by atoms with Gasteiger partial charge in [-0.05, 0) is 12.1 Å². The van der Waals surface area contributed by atoms with Crippen LogP contribution in [0.2, 0.25) is 0 Å². The lowest BCUT2D eigenvalue weighted by molar-refractivity contribution is -0.136. The number of halogens is 4. The summed E-state index contributed by atoms with van der Waals surface area (Å²) in [6, 6.07) is 1.72. The number of ketones is 1. The van der Waals surface area contributed by atoms with Crippen LogP contribution in [0.5, 0.6) is 0 Å². The highest BCUT2D eigenvalue weighted by Gasteiger charge is 2.35. The highest BCUT2D eigenvalue weighted by molar-refractivity contribution is 6.32. The third-order valence-corrected chi connectivity index (χ3v) is 2.23. The minimum atomic E-state index is -4.63. The summed E-state index contributed by atoms with van der Waals surface area (Å²) < 4.78 is 37.4. The Morgan fingerprint density at radius 2 is 1.88 bits per heavy atom. The predicted octanol–water partition coefficient (Wildman–Crippen LogP) is 2.29. The van der Waals surface area contributed by atoms with Crippen LogP contribution in [-0.2, 0) is 6.18 Å². The van der Waals surface area contributed by atoms with Crippen LogP contribution in [0.3, 0.4) is 0 Å². The maximum atomic E-state index is 12.5. The number of rotatable bonds is 2. The molecule has 0 radical (unpaired) electrons. The zero-order chi connectivity index (χ0) is 12.5. The van der Waals surface area contributed by atoms with Crippen LogP contribution < -0.4 is 11.5 Å². The molecule has 1 aromatic rings. The van der Waals surface area contributed by atoms with Crippen LogP contribution in [0.1, 0.15) is 15.9 Å². The van der Waals surface area contributed by atoms with Crippen LogP contribution in [0.25, 0.3) is 0 Å². The molecule has 16 heavy (non-hydrogen) atoms. The van der Waals surface area contributed by atoms with Gasteiger partial charge in [-0.1, -0.05) is 0 Å². The van der Waals surface area contributed by atoms with Crippen molar-refractivity contribution >= 4 is 28.8 Å². The van der Waals surface area contributed by atoms with Crippen LogP contribution in [0, 0.1) is 0 Å². The lowest BCUT2D eigenvalue weighted by atomic mass is 10.0. The summed E-state index contributed by atoms with van der Waals surface area (Å²) in [5.41, 5.74) is 8.40. The molecule has 0 aliphatic carbocycles. The van der Waals surface area contributed by atoms with Gasteiger partial charge in [0.25, 0.3) is 0 Å². The molecule has 0 saturated heterocycles. The molecular weight excluding hydrogens is 245 g/mol. The van der Waals surface area contributed by atoms with Crippen molar-refractivity contribution in [1.82, 2.24) is 0 Å². The van der Waals surface area contributed by atoms with Gasteiger partial charge in [0.1, 0.15) is 0 Å². The molecule has 0 unspecified atom stereocenters. The molecule has 0 aliphatic heterocycles. The maximum Gasteiger partial charge on any atom is 0.418 e. The molecule has 0 aromatic heterocycles. The molecule has 0 bridgehead atoms. The Kier molecular flexibility index (Phi) is 3.32. The second-order valence-electron chi connectivity index (χ2n) is 3.05. The lowest BCUT2D eigenvalue weighted by Crippen LogP contribution is -2.15. The van der Waals surface area contributed by atoms with Gasteiger partial charge in [-0.25, -0.2) is 0 Å². The summed E-state index contributed by atoms with van der Waals surface area (Å²) in [5.74, 6) is -1.21. The van der Waals surface area contributed by atoms with Crippen molar-refractivity contribution < 1.29 is 18.0 Å². The molecule has 1 aromatic carbocycles. The van der Waals surface area contributed by atoms with E-state index in [0.29, 0.717) is 0 Å². The van der Waals surface area contributed by atoms with E-state index in [1.54, 1.807) is 0 Å². The monoisotopic (exact) mass is 252 g/mol. The van der Waals surface area contributed by atoms with E-state index in [9.17, 15) is 18.0 Å². The Hall–Kier alpha value is -1.43. The topological polar surface area (TPSA) is 69.1 Å². The molecule has 0 fully saturated rings. The fraction of sp³-hybridized carbons (Fsp3) is 0.222. The zero-order valence-corrected chi connectivity index (χ0v) is 8.69. The number of carbonyl (C=O) groups excluding carboxylic acids is 1. The first-order valence-corrected chi connectivity index (χ1v) is 4.66. The minimum absolute atomic E-state index is 0.115. The largest absolute Gasteiger partial charge is 0.418 e. The first-order chi connectivity index (χ1) is 7.29. The first kappa shape index (κ1) is 12.6. The molecule has 0 aliphatic rings. The molecule has 4 N–H and O–H groups in total. The molecule has 0 spiro atoms. The fourth-order valence-electron chi connectivity index (χ4n) is 1.26. The van der Waals surface area contributed by atoms with Gasteiger partial charge in [0.05, 0.1) is 22.7 Å². The zero-order valence-electron chi connectivity index (χ0n) is 7.94. The van der Waals surface area contributed by atoms with Gasteiger partial charge in [-0.2, -0.15) is 13.2 Å². The molecular formula is C9H8ClF3N2O. The van der Waals surface area contributed by atoms with Crippen LogP contribution in [-0.4, -0.2) is 11.7 Å². The number of anilines is 2. The Balaban J connectivity index is 3.45. The van der Waals surface area contributed by atoms with Gasteiger partial charge in [0.2, 0.25) is 0 Å². The van der Waals surface area contributed by atoms with Gasteiger partial charge >= 0.3 is 6.18 Å². The van der Waals surface area contributed by atoms with Crippen molar-refractivity contribution in [3.05, 3.63) is 23.3 Å². The van der Waals surface area contributed by atoms with Crippen molar-refractivity contribution in [3.8, 4) is 0 Å². The predicted molar refractivity (Wildman–Crippen MR) is 55.3 cm³/mol. The van der Waals surface area contributed by atoms with Gasteiger partial charge < -0.3 is 11.5 Å². The van der Waals surface area contributed by atoms with E-state index in [1.165, 1.54) is 0 Å². The van der Waals surface area contributed by atoms with Crippen LogP contribution in [0.15, 0.2) is 12.1 Å². The third kappa shape index (κ3) is 2.21. The Bertz CT molecular complexity index is 431. The Morgan fingerprint density at radius 3 is 2.31 bits per heavy atom. The lowest BCUT2D eigenvalue weighted by Gasteiger charge is -2.14. The van der Waals surface area contributed by atoms with Gasteiger partial charge in [0.15, 0.2) is 5.78 Å². The number of nitrogens with two attached hydrogens (primary N) is 2. The summed E-state index contributed by atoms with van der Waals surface area (Å²) in [6.07, 6.45) is -4.63. The van der Waals surface area contributed by atoms with Crippen molar-refractivity contribution in [1.29, 1.82) is 0 Å². The quantitative estimate of drug-likeness (QED) is 0.482. The standard InChI is InChI=1S/C9H8ClF3N2O/c10-3-6(16)7-5(14)2-1-4(8(7)15)9(11,12)13/h1-2H,3,14-15H2. The summed E-state index contributed by atoms with van der Waals surface area (Å²) >= 11 is 5.26. The number of nitrogen functional groups attached to an aromatic ring is 2. The highest BCUT2D eigenvalue weighted by atomic mass is 35.5. The average molecular weight is 253 g/mol. The Labute approximate surface area is 94.2 Å². The number of benzene rings is 1. The van der Waals surface area contributed by atoms with Crippen molar-refractivity contribution in [2.75, 3.05) is 17.3 Å². The van der Waals surface area contributed by atoms with Gasteiger partial charge in [-0.15, -0.1) is 11.6 Å². The highest BCUT2D eigenvalue weighted by Crippen LogP contribution is 2.37.